The van der Waals surface area contributed by atoms with E-state index in [4.69, 9.17) is 0 Å². The van der Waals surface area contributed by atoms with Crippen molar-refractivity contribution in [1.29, 1.82) is 0 Å². The third-order valence-electron chi connectivity index (χ3n) is 2.99. The molecule has 3 aromatic rings. The van der Waals surface area contributed by atoms with Crippen molar-refractivity contribution >= 4 is 16.8 Å². The molecule has 0 aliphatic rings. The molecule has 0 atom stereocenters. The van der Waals surface area contributed by atoms with Crippen LogP contribution in [0.5, 0.6) is 0 Å². The van der Waals surface area contributed by atoms with Gasteiger partial charge in [-0.25, -0.2) is 0 Å². The average Bonchev–Trinajstić information content (AvgIpc) is 3.02. The molecule has 96 valence electrons. The Morgan fingerprint density at radius 2 is 2.32 bits per heavy atom. The van der Waals surface area contributed by atoms with Gasteiger partial charge in [0.2, 0.25) is 0 Å². The molecule has 0 spiro atoms. The van der Waals surface area contributed by atoms with E-state index in [1.165, 1.54) is 0 Å². The fourth-order valence-electron chi connectivity index (χ4n) is 2.04. The van der Waals surface area contributed by atoms with Crippen molar-refractivity contribution in [2.75, 3.05) is 0 Å². The summed E-state index contributed by atoms with van der Waals surface area (Å²) in [6.45, 7) is 0.492. The summed E-state index contributed by atoms with van der Waals surface area (Å²) in [4.78, 5) is 15.1. The van der Waals surface area contributed by atoms with Crippen molar-refractivity contribution in [3.8, 4) is 0 Å². The first-order valence-corrected chi connectivity index (χ1v) is 6.06. The highest BCUT2D eigenvalue weighted by Crippen LogP contribution is 2.13. The summed E-state index contributed by atoms with van der Waals surface area (Å²) in [5.41, 5.74) is 2.43. The van der Waals surface area contributed by atoms with Crippen molar-refractivity contribution < 1.29 is 4.79 Å². The Balaban J connectivity index is 1.77. The highest BCUT2D eigenvalue weighted by atomic mass is 16.1. The number of aromatic amines is 1. The van der Waals surface area contributed by atoms with Gasteiger partial charge in [-0.2, -0.15) is 5.10 Å². The van der Waals surface area contributed by atoms with E-state index in [9.17, 15) is 4.79 Å². The lowest BCUT2D eigenvalue weighted by Gasteiger charge is -2.03. The molecule has 2 heterocycles. The van der Waals surface area contributed by atoms with Crippen molar-refractivity contribution in [1.82, 2.24) is 20.1 Å². The van der Waals surface area contributed by atoms with Crippen LogP contribution in [0, 0.1) is 0 Å². The SMILES string of the molecule is Cn1cc2ccc(C(=O)NCc3ccc[nH]3)cc2n1. The van der Waals surface area contributed by atoms with Gasteiger partial charge in [0.25, 0.3) is 5.91 Å². The molecule has 1 amide bonds. The third kappa shape index (κ3) is 2.35. The first-order valence-electron chi connectivity index (χ1n) is 6.06. The number of hydrogen-bond donors (Lipinski definition) is 2. The summed E-state index contributed by atoms with van der Waals surface area (Å²) < 4.78 is 1.74. The predicted molar refractivity (Wildman–Crippen MR) is 72.7 cm³/mol. The fraction of sp³-hybridized carbons (Fsp3) is 0.143. The van der Waals surface area contributed by atoms with Gasteiger partial charge in [0.05, 0.1) is 12.1 Å². The van der Waals surface area contributed by atoms with Crippen LogP contribution >= 0.6 is 0 Å². The molecule has 5 nitrogen and oxygen atoms in total. The number of nitrogens with zero attached hydrogens (tertiary/aromatic N) is 2. The monoisotopic (exact) mass is 254 g/mol. The molecule has 0 saturated heterocycles. The Hall–Kier alpha value is -2.56. The first kappa shape index (κ1) is 11.5. The number of H-pyrrole nitrogens is 1. The van der Waals surface area contributed by atoms with E-state index in [2.05, 4.69) is 15.4 Å². The van der Waals surface area contributed by atoms with Crippen LogP contribution in [0.1, 0.15) is 16.1 Å². The summed E-state index contributed by atoms with van der Waals surface area (Å²) in [5, 5.41) is 8.20. The van der Waals surface area contributed by atoms with E-state index in [0.717, 1.165) is 16.6 Å². The van der Waals surface area contributed by atoms with Crippen LogP contribution in [0.4, 0.5) is 0 Å². The second-order valence-corrected chi connectivity index (χ2v) is 4.45. The van der Waals surface area contributed by atoms with Crippen molar-refractivity contribution in [2.24, 2.45) is 7.05 Å². The number of carbonyl (C=O) groups is 1. The number of benzene rings is 1. The molecule has 0 aliphatic carbocycles. The number of fused-ring (bicyclic) bond motifs is 1. The van der Waals surface area contributed by atoms with Crippen molar-refractivity contribution in [2.45, 2.75) is 6.54 Å². The molecule has 2 N–H and O–H groups in total. The van der Waals surface area contributed by atoms with Gasteiger partial charge in [-0.15, -0.1) is 0 Å². The summed E-state index contributed by atoms with van der Waals surface area (Å²) in [7, 11) is 1.87. The lowest BCUT2D eigenvalue weighted by molar-refractivity contribution is 0.0950. The maximum Gasteiger partial charge on any atom is 0.251 e. The summed E-state index contributed by atoms with van der Waals surface area (Å²) in [6.07, 6.45) is 3.76. The Bertz CT molecular complexity index is 712. The quantitative estimate of drug-likeness (QED) is 0.749. The number of rotatable bonds is 3. The average molecular weight is 254 g/mol. The summed E-state index contributed by atoms with van der Waals surface area (Å²) >= 11 is 0. The Morgan fingerprint density at radius 1 is 1.42 bits per heavy atom. The van der Waals surface area contributed by atoms with Crippen molar-refractivity contribution in [3.05, 3.63) is 54.0 Å². The largest absolute Gasteiger partial charge is 0.364 e. The standard InChI is InChI=1S/C14H14N4O/c1-18-9-11-5-4-10(7-13(11)17-18)14(19)16-8-12-3-2-6-15-12/h2-7,9,15H,8H2,1H3,(H,16,19). The van der Waals surface area contributed by atoms with E-state index in [-0.39, 0.29) is 5.91 Å². The minimum absolute atomic E-state index is 0.0952. The summed E-state index contributed by atoms with van der Waals surface area (Å²) in [6, 6.07) is 9.36. The molecule has 0 aliphatic heterocycles. The van der Waals surface area contributed by atoms with E-state index in [0.29, 0.717) is 12.1 Å². The van der Waals surface area contributed by atoms with Gasteiger partial charge < -0.3 is 10.3 Å². The molecule has 0 unspecified atom stereocenters. The Kier molecular flexibility index (Phi) is 2.79. The van der Waals surface area contributed by atoms with Crippen LogP contribution in [-0.4, -0.2) is 20.7 Å². The van der Waals surface area contributed by atoms with Crippen LogP contribution < -0.4 is 5.32 Å². The fourth-order valence-corrected chi connectivity index (χ4v) is 2.04. The Morgan fingerprint density at radius 3 is 3.11 bits per heavy atom. The van der Waals surface area contributed by atoms with E-state index < -0.39 is 0 Å². The highest BCUT2D eigenvalue weighted by molar-refractivity contribution is 5.97. The maximum atomic E-state index is 12.0. The molecule has 19 heavy (non-hydrogen) atoms. The molecule has 1 aromatic carbocycles. The number of hydrogen-bond acceptors (Lipinski definition) is 2. The van der Waals surface area contributed by atoms with Gasteiger partial charge in [0.1, 0.15) is 0 Å². The molecule has 0 saturated carbocycles. The van der Waals surface area contributed by atoms with E-state index >= 15 is 0 Å². The highest BCUT2D eigenvalue weighted by Gasteiger charge is 2.07. The second-order valence-electron chi connectivity index (χ2n) is 4.45. The van der Waals surface area contributed by atoms with Crippen molar-refractivity contribution in [3.63, 3.8) is 0 Å². The smallest absolute Gasteiger partial charge is 0.251 e. The molecule has 0 radical (unpaired) electrons. The molecular formula is C14H14N4O. The molecule has 2 aromatic heterocycles. The third-order valence-corrected chi connectivity index (χ3v) is 2.99. The molecular weight excluding hydrogens is 240 g/mol. The van der Waals surface area contributed by atoms with E-state index in [1.807, 2.05) is 43.7 Å². The van der Waals surface area contributed by atoms with Crippen LogP contribution in [0.3, 0.4) is 0 Å². The van der Waals surface area contributed by atoms with Crippen LogP contribution in [0.2, 0.25) is 0 Å². The molecule has 3 rings (SSSR count). The Labute approximate surface area is 110 Å². The number of aryl methyl sites for hydroxylation is 1. The predicted octanol–water partition coefficient (Wildman–Crippen LogP) is 1.83. The van der Waals surface area contributed by atoms with Gasteiger partial charge in [-0.3, -0.25) is 9.48 Å². The zero-order chi connectivity index (χ0) is 13.2. The zero-order valence-electron chi connectivity index (χ0n) is 10.6. The lowest BCUT2D eigenvalue weighted by atomic mass is 10.1. The number of amides is 1. The lowest BCUT2D eigenvalue weighted by Crippen LogP contribution is -2.22. The van der Waals surface area contributed by atoms with Crippen LogP contribution in [0.15, 0.2) is 42.7 Å². The topological polar surface area (TPSA) is 62.7 Å². The number of aromatic nitrogens is 3. The number of nitrogens with one attached hydrogen (secondary N) is 2. The first-order chi connectivity index (χ1) is 9.22. The normalized spacial score (nSPS) is 10.8. The molecule has 0 bridgehead atoms. The number of carbonyl (C=O) groups excluding carboxylic acids is 1. The van der Waals surface area contributed by atoms with Gasteiger partial charge in [0, 0.05) is 36.1 Å². The van der Waals surface area contributed by atoms with Gasteiger partial charge >= 0.3 is 0 Å². The minimum Gasteiger partial charge on any atom is -0.364 e. The van der Waals surface area contributed by atoms with Gasteiger partial charge in [0.15, 0.2) is 0 Å². The minimum atomic E-state index is -0.0952. The zero-order valence-corrected chi connectivity index (χ0v) is 10.6. The summed E-state index contributed by atoms with van der Waals surface area (Å²) in [5.74, 6) is -0.0952. The molecule has 0 fully saturated rings. The molecule has 5 heteroatoms. The van der Waals surface area contributed by atoms with Gasteiger partial charge in [-0.05, 0) is 24.3 Å². The van der Waals surface area contributed by atoms with Crippen LogP contribution in [0.25, 0.3) is 10.9 Å². The second kappa shape index (κ2) is 4.61. The maximum absolute atomic E-state index is 12.0. The van der Waals surface area contributed by atoms with E-state index in [1.54, 1.807) is 10.7 Å². The van der Waals surface area contributed by atoms with Gasteiger partial charge in [-0.1, -0.05) is 6.07 Å². The van der Waals surface area contributed by atoms with Crippen LogP contribution in [-0.2, 0) is 13.6 Å².